The highest BCUT2D eigenvalue weighted by atomic mass is 16.2. The second kappa shape index (κ2) is 6.36. The number of piperazine rings is 1. The Bertz CT molecular complexity index is 349. The fraction of sp³-hybridized carbons (Fsp3) is 0.857. The Hall–Kier alpha value is -1.12. The molecule has 0 bridgehead atoms. The number of carbonyl (C=O) groups is 1. The molecule has 5 heteroatoms. The van der Waals surface area contributed by atoms with Crippen LogP contribution < -0.4 is 5.73 Å². The van der Waals surface area contributed by atoms with Crippen molar-refractivity contribution >= 4 is 5.91 Å². The molecular weight excluding hydrogens is 240 g/mol. The van der Waals surface area contributed by atoms with Gasteiger partial charge in [-0.2, -0.15) is 5.26 Å². The van der Waals surface area contributed by atoms with Crippen LogP contribution in [0.15, 0.2) is 0 Å². The van der Waals surface area contributed by atoms with E-state index in [4.69, 9.17) is 11.0 Å². The number of hydrogen-bond acceptors (Lipinski definition) is 4. The van der Waals surface area contributed by atoms with Crippen LogP contribution in [0.3, 0.4) is 0 Å². The van der Waals surface area contributed by atoms with Crippen LogP contribution >= 0.6 is 0 Å². The highest BCUT2D eigenvalue weighted by Crippen LogP contribution is 2.28. The lowest BCUT2D eigenvalue weighted by Gasteiger charge is -2.40. The molecule has 0 aromatic carbocycles. The van der Waals surface area contributed by atoms with Gasteiger partial charge in [0.05, 0.1) is 11.6 Å². The number of nitrogens with two attached hydrogens (primary N) is 1. The van der Waals surface area contributed by atoms with Crippen LogP contribution in [0.1, 0.15) is 38.5 Å². The van der Waals surface area contributed by atoms with Gasteiger partial charge in [0.2, 0.25) is 5.91 Å². The zero-order valence-electron chi connectivity index (χ0n) is 11.6. The first-order chi connectivity index (χ1) is 9.15. The molecule has 1 heterocycles. The topological polar surface area (TPSA) is 73.4 Å². The van der Waals surface area contributed by atoms with E-state index in [-0.39, 0.29) is 5.91 Å². The van der Waals surface area contributed by atoms with E-state index < -0.39 is 5.54 Å². The molecule has 0 spiro atoms. The minimum absolute atomic E-state index is 0.145. The highest BCUT2D eigenvalue weighted by molar-refractivity contribution is 5.86. The monoisotopic (exact) mass is 264 g/mol. The summed E-state index contributed by atoms with van der Waals surface area (Å²) in [6.07, 6.45) is 5.58. The summed E-state index contributed by atoms with van der Waals surface area (Å²) in [7, 11) is 0. The summed E-state index contributed by atoms with van der Waals surface area (Å²) < 4.78 is 0. The van der Waals surface area contributed by atoms with E-state index in [9.17, 15) is 4.79 Å². The standard InChI is InChI=1S/C14H24N4O/c15-7-4-8-17-9-11-18(12-10-17)13(19)14(16)5-2-1-3-6-14/h1-6,8-12,16H2. The number of nitriles is 1. The molecule has 0 aromatic rings. The van der Waals surface area contributed by atoms with Crippen LogP contribution in [0.4, 0.5) is 0 Å². The number of hydrogen-bond donors (Lipinski definition) is 1. The molecule has 2 aliphatic rings. The fourth-order valence-corrected chi connectivity index (χ4v) is 3.09. The van der Waals surface area contributed by atoms with Crippen molar-refractivity contribution in [2.75, 3.05) is 32.7 Å². The van der Waals surface area contributed by atoms with Crippen molar-refractivity contribution in [3.8, 4) is 6.07 Å². The van der Waals surface area contributed by atoms with Gasteiger partial charge in [-0.1, -0.05) is 19.3 Å². The van der Waals surface area contributed by atoms with Gasteiger partial charge in [0.1, 0.15) is 0 Å². The molecule has 1 aliphatic heterocycles. The van der Waals surface area contributed by atoms with E-state index in [1.165, 1.54) is 6.42 Å². The summed E-state index contributed by atoms with van der Waals surface area (Å²) in [6.45, 7) is 4.05. The summed E-state index contributed by atoms with van der Waals surface area (Å²) in [5.41, 5.74) is 5.70. The number of nitrogens with zero attached hydrogens (tertiary/aromatic N) is 3. The predicted octanol–water partition coefficient (Wildman–Crippen LogP) is 0.706. The van der Waals surface area contributed by atoms with Crippen molar-refractivity contribution in [3.63, 3.8) is 0 Å². The Morgan fingerprint density at radius 1 is 1.16 bits per heavy atom. The van der Waals surface area contributed by atoms with E-state index in [2.05, 4.69) is 11.0 Å². The largest absolute Gasteiger partial charge is 0.339 e. The number of carbonyl (C=O) groups excluding carboxylic acids is 1. The second-order valence-electron chi connectivity index (χ2n) is 5.76. The molecule has 0 atom stereocenters. The Labute approximate surface area is 115 Å². The van der Waals surface area contributed by atoms with Crippen molar-refractivity contribution in [1.29, 1.82) is 5.26 Å². The molecule has 2 N–H and O–H groups in total. The lowest BCUT2D eigenvalue weighted by atomic mass is 9.81. The van der Waals surface area contributed by atoms with Gasteiger partial charge >= 0.3 is 0 Å². The average molecular weight is 264 g/mol. The summed E-state index contributed by atoms with van der Waals surface area (Å²) in [4.78, 5) is 16.7. The van der Waals surface area contributed by atoms with Crippen LogP contribution in [0.2, 0.25) is 0 Å². The zero-order chi connectivity index (χ0) is 13.7. The van der Waals surface area contributed by atoms with E-state index in [1.807, 2.05) is 4.90 Å². The van der Waals surface area contributed by atoms with Crippen molar-refractivity contribution in [2.45, 2.75) is 44.1 Å². The molecule has 1 aliphatic carbocycles. The van der Waals surface area contributed by atoms with E-state index in [1.54, 1.807) is 0 Å². The quantitative estimate of drug-likeness (QED) is 0.814. The molecule has 19 heavy (non-hydrogen) atoms. The number of amides is 1. The first-order valence-electron chi connectivity index (χ1n) is 7.33. The van der Waals surface area contributed by atoms with Crippen LogP contribution in [0.25, 0.3) is 0 Å². The average Bonchev–Trinajstić information content (AvgIpc) is 2.46. The maximum atomic E-state index is 12.5. The molecule has 0 radical (unpaired) electrons. The second-order valence-corrected chi connectivity index (χ2v) is 5.76. The van der Waals surface area contributed by atoms with Crippen LogP contribution in [-0.4, -0.2) is 54.0 Å². The smallest absolute Gasteiger partial charge is 0.242 e. The van der Waals surface area contributed by atoms with Crippen LogP contribution in [0, 0.1) is 11.3 Å². The van der Waals surface area contributed by atoms with Gasteiger partial charge < -0.3 is 10.6 Å². The third-order valence-corrected chi connectivity index (χ3v) is 4.37. The third kappa shape index (κ3) is 3.46. The van der Waals surface area contributed by atoms with Crippen molar-refractivity contribution in [3.05, 3.63) is 0 Å². The van der Waals surface area contributed by atoms with Gasteiger partial charge in [0.25, 0.3) is 0 Å². The molecule has 106 valence electrons. The van der Waals surface area contributed by atoms with Crippen molar-refractivity contribution in [1.82, 2.24) is 9.80 Å². The first kappa shape index (κ1) is 14.3. The summed E-state index contributed by atoms with van der Waals surface area (Å²) in [5.74, 6) is 0.145. The Morgan fingerprint density at radius 3 is 2.37 bits per heavy atom. The van der Waals surface area contributed by atoms with Gasteiger partial charge in [-0.25, -0.2) is 0 Å². The molecule has 5 nitrogen and oxygen atoms in total. The van der Waals surface area contributed by atoms with Gasteiger partial charge in [0.15, 0.2) is 0 Å². The van der Waals surface area contributed by atoms with Crippen molar-refractivity contribution < 1.29 is 4.79 Å². The lowest BCUT2D eigenvalue weighted by molar-refractivity contribution is -0.140. The molecule has 2 rings (SSSR count). The minimum atomic E-state index is -0.604. The van der Waals surface area contributed by atoms with Crippen LogP contribution in [0.5, 0.6) is 0 Å². The van der Waals surface area contributed by atoms with Gasteiger partial charge in [-0.05, 0) is 12.8 Å². The van der Waals surface area contributed by atoms with E-state index >= 15 is 0 Å². The third-order valence-electron chi connectivity index (χ3n) is 4.37. The van der Waals surface area contributed by atoms with Gasteiger partial charge in [-0.15, -0.1) is 0 Å². The van der Waals surface area contributed by atoms with E-state index in [0.717, 1.165) is 58.4 Å². The van der Waals surface area contributed by atoms with Crippen LogP contribution in [-0.2, 0) is 4.79 Å². The van der Waals surface area contributed by atoms with Gasteiger partial charge in [0, 0.05) is 39.1 Å². The lowest BCUT2D eigenvalue weighted by Crippen LogP contribution is -2.60. The molecule has 2 fully saturated rings. The predicted molar refractivity (Wildman–Crippen MR) is 73.3 cm³/mol. The Balaban J connectivity index is 1.83. The van der Waals surface area contributed by atoms with Gasteiger partial charge in [-0.3, -0.25) is 9.69 Å². The summed E-state index contributed by atoms with van der Waals surface area (Å²) in [6, 6.07) is 2.16. The molecule has 0 unspecified atom stereocenters. The number of rotatable bonds is 3. The maximum absolute atomic E-state index is 12.5. The Morgan fingerprint density at radius 2 is 1.79 bits per heavy atom. The van der Waals surface area contributed by atoms with Crippen molar-refractivity contribution in [2.24, 2.45) is 5.73 Å². The maximum Gasteiger partial charge on any atom is 0.242 e. The minimum Gasteiger partial charge on any atom is -0.339 e. The SMILES string of the molecule is N#CCCN1CCN(C(=O)C2(N)CCCCC2)CC1. The highest BCUT2D eigenvalue weighted by Gasteiger charge is 2.39. The molecular formula is C14H24N4O. The fourth-order valence-electron chi connectivity index (χ4n) is 3.09. The molecule has 1 amide bonds. The zero-order valence-corrected chi connectivity index (χ0v) is 11.6. The Kier molecular flexibility index (Phi) is 4.78. The molecule has 1 saturated carbocycles. The summed E-state index contributed by atoms with van der Waals surface area (Å²) >= 11 is 0. The van der Waals surface area contributed by atoms with E-state index in [0.29, 0.717) is 6.42 Å². The molecule has 0 aromatic heterocycles. The molecule has 1 saturated heterocycles. The normalized spacial score (nSPS) is 23.9. The first-order valence-corrected chi connectivity index (χ1v) is 7.33. The summed E-state index contributed by atoms with van der Waals surface area (Å²) in [5, 5.41) is 8.58.